The van der Waals surface area contributed by atoms with Crippen LogP contribution < -0.4 is 10.6 Å². The first-order valence-corrected chi connectivity index (χ1v) is 15.2. The zero-order valence-electron chi connectivity index (χ0n) is 24.7. The van der Waals surface area contributed by atoms with E-state index in [1.807, 2.05) is 12.1 Å². The Labute approximate surface area is 254 Å². The number of ether oxygens (including phenoxy) is 1. The summed E-state index contributed by atoms with van der Waals surface area (Å²) in [4.78, 5) is 46.0. The lowest BCUT2D eigenvalue weighted by atomic mass is 10.0. The van der Waals surface area contributed by atoms with Gasteiger partial charge in [0.05, 0.1) is 30.5 Å². The van der Waals surface area contributed by atoms with Crippen LogP contribution in [0.5, 0.6) is 0 Å². The van der Waals surface area contributed by atoms with Gasteiger partial charge in [-0.05, 0) is 41.3 Å². The lowest BCUT2D eigenvalue weighted by Crippen LogP contribution is -2.52. The molecule has 1 aliphatic rings. The summed E-state index contributed by atoms with van der Waals surface area (Å²) < 4.78 is 68.7. The predicted octanol–water partition coefficient (Wildman–Crippen LogP) is 2.66. The van der Waals surface area contributed by atoms with Crippen molar-refractivity contribution >= 4 is 34.2 Å². The van der Waals surface area contributed by atoms with E-state index < -0.39 is 39.5 Å². The molecule has 44 heavy (non-hydrogen) atoms. The summed E-state index contributed by atoms with van der Waals surface area (Å²) in [5, 5.41) is 5.01. The minimum Gasteiger partial charge on any atom is -0.469 e. The van der Waals surface area contributed by atoms with Crippen molar-refractivity contribution in [1.82, 2.24) is 19.8 Å². The van der Waals surface area contributed by atoms with Gasteiger partial charge in [0.2, 0.25) is 28.2 Å². The summed E-state index contributed by atoms with van der Waals surface area (Å²) in [6.07, 6.45) is -4.09. The summed E-state index contributed by atoms with van der Waals surface area (Å²) in [5.74, 6) is -0.903. The van der Waals surface area contributed by atoms with Crippen molar-refractivity contribution in [2.75, 3.05) is 39.8 Å². The smallest absolute Gasteiger partial charge is 0.416 e. The standard InChI is InChI=1S/C18H22F3N3O6S.C11H15NO/c1-30-17(27)7-6-15(25)22-12-16(26)23-8-10-24(11-9-23)31(28,29)14-4-2-13(3-5-14)18(19,20)21;1-9(2)11-5-3-10(4-6-11)7-12-8-13/h2-5H,6-12H2,1H3,(H,22,25);3-6,8-9H,7H2,1-2H3,(H,12,13). The van der Waals surface area contributed by atoms with Crippen molar-refractivity contribution in [2.24, 2.45) is 0 Å². The predicted molar refractivity (Wildman–Crippen MR) is 154 cm³/mol. The van der Waals surface area contributed by atoms with Crippen LogP contribution in [0.4, 0.5) is 13.2 Å². The average Bonchev–Trinajstić information content (AvgIpc) is 3.01. The monoisotopic (exact) mass is 642 g/mol. The molecule has 1 aliphatic heterocycles. The number of carbonyl (C=O) groups is 4. The molecule has 0 unspecified atom stereocenters. The zero-order valence-corrected chi connectivity index (χ0v) is 25.5. The molecule has 0 spiro atoms. The third kappa shape index (κ3) is 11.3. The molecule has 11 nitrogen and oxygen atoms in total. The van der Waals surface area contributed by atoms with Crippen molar-refractivity contribution in [1.29, 1.82) is 0 Å². The number of hydrogen-bond donors (Lipinski definition) is 2. The molecular weight excluding hydrogens is 605 g/mol. The van der Waals surface area contributed by atoms with E-state index in [0.29, 0.717) is 24.6 Å². The van der Waals surface area contributed by atoms with E-state index in [0.717, 1.165) is 28.4 Å². The van der Waals surface area contributed by atoms with Crippen molar-refractivity contribution in [2.45, 2.75) is 50.2 Å². The van der Waals surface area contributed by atoms with Crippen LogP contribution in [0.15, 0.2) is 53.4 Å². The number of rotatable bonds is 11. The second-order valence-electron chi connectivity index (χ2n) is 10.1. The molecule has 0 aliphatic carbocycles. The molecule has 1 saturated heterocycles. The maximum atomic E-state index is 12.7. The van der Waals surface area contributed by atoms with Crippen LogP contribution >= 0.6 is 0 Å². The number of nitrogens with zero attached hydrogens (tertiary/aromatic N) is 2. The molecule has 0 bridgehead atoms. The molecule has 15 heteroatoms. The van der Waals surface area contributed by atoms with Crippen molar-refractivity contribution in [3.05, 3.63) is 65.2 Å². The molecule has 3 amide bonds. The van der Waals surface area contributed by atoms with Crippen LogP contribution in [0.2, 0.25) is 0 Å². The maximum absolute atomic E-state index is 12.7. The van der Waals surface area contributed by atoms with Crippen molar-refractivity contribution in [3.8, 4) is 0 Å². The largest absolute Gasteiger partial charge is 0.469 e. The summed E-state index contributed by atoms with van der Waals surface area (Å²) in [5.41, 5.74) is 1.52. The number of alkyl halides is 3. The third-order valence-corrected chi connectivity index (χ3v) is 8.58. The topological polar surface area (TPSA) is 142 Å². The molecule has 3 rings (SSSR count). The summed E-state index contributed by atoms with van der Waals surface area (Å²) in [7, 11) is -2.81. The van der Waals surface area contributed by atoms with Gasteiger partial charge in [-0.1, -0.05) is 38.1 Å². The van der Waals surface area contributed by atoms with E-state index in [-0.39, 0.29) is 50.5 Å². The van der Waals surface area contributed by atoms with E-state index in [9.17, 15) is 40.8 Å². The van der Waals surface area contributed by atoms with Gasteiger partial charge in [-0.2, -0.15) is 17.5 Å². The van der Waals surface area contributed by atoms with Gasteiger partial charge in [0.15, 0.2) is 0 Å². The number of nitrogens with one attached hydrogen (secondary N) is 2. The molecule has 2 aromatic carbocycles. The number of benzene rings is 2. The number of piperazine rings is 1. The highest BCUT2D eigenvalue weighted by molar-refractivity contribution is 7.89. The van der Waals surface area contributed by atoms with E-state index in [1.165, 1.54) is 17.6 Å². The fourth-order valence-corrected chi connectivity index (χ4v) is 5.44. The van der Waals surface area contributed by atoms with Crippen LogP contribution in [0.3, 0.4) is 0 Å². The Balaban J connectivity index is 0.000000432. The highest BCUT2D eigenvalue weighted by Gasteiger charge is 2.33. The highest BCUT2D eigenvalue weighted by Crippen LogP contribution is 2.30. The second kappa shape index (κ2) is 16.8. The minimum absolute atomic E-state index is 0.0363. The molecule has 0 atom stereocenters. The van der Waals surface area contributed by atoms with Crippen LogP contribution in [0, 0.1) is 0 Å². The fraction of sp³-hybridized carbons (Fsp3) is 0.448. The molecule has 242 valence electrons. The van der Waals surface area contributed by atoms with Gasteiger partial charge in [-0.25, -0.2) is 8.42 Å². The van der Waals surface area contributed by atoms with Gasteiger partial charge in [0, 0.05) is 39.1 Å². The normalized spacial score (nSPS) is 13.8. The van der Waals surface area contributed by atoms with Gasteiger partial charge >= 0.3 is 12.1 Å². The van der Waals surface area contributed by atoms with Gasteiger partial charge < -0.3 is 20.3 Å². The van der Waals surface area contributed by atoms with Crippen LogP contribution in [0.25, 0.3) is 0 Å². The first-order chi connectivity index (χ1) is 20.7. The molecule has 2 aromatic rings. The third-order valence-electron chi connectivity index (χ3n) is 6.67. The molecule has 1 fully saturated rings. The summed E-state index contributed by atoms with van der Waals surface area (Å²) in [6.45, 7) is 4.70. The Bertz CT molecular complexity index is 1360. The average molecular weight is 643 g/mol. The molecule has 0 radical (unpaired) electrons. The fourth-order valence-electron chi connectivity index (χ4n) is 4.01. The lowest BCUT2D eigenvalue weighted by Gasteiger charge is -2.34. The SMILES string of the molecule is CC(C)c1ccc(CNC=O)cc1.COC(=O)CCC(=O)NCC(=O)N1CCN(S(=O)(=O)c2ccc(C(F)(F)F)cc2)CC1. The van der Waals surface area contributed by atoms with Crippen molar-refractivity contribution < 1.29 is 45.5 Å². The minimum atomic E-state index is -4.57. The number of sulfonamides is 1. The van der Waals surface area contributed by atoms with Crippen LogP contribution in [-0.2, 0) is 46.7 Å². The molecule has 0 saturated carbocycles. The van der Waals surface area contributed by atoms with Gasteiger partial charge in [0.25, 0.3) is 0 Å². The Morgan fingerprint density at radius 3 is 2.05 bits per heavy atom. The Morgan fingerprint density at radius 2 is 1.55 bits per heavy atom. The number of methoxy groups -OCH3 is 1. The Hall–Kier alpha value is -3.98. The summed E-state index contributed by atoms with van der Waals surface area (Å²) in [6, 6.07) is 11.5. The Morgan fingerprint density at radius 1 is 0.955 bits per heavy atom. The number of amides is 3. The highest BCUT2D eigenvalue weighted by atomic mass is 32.2. The second-order valence-corrected chi connectivity index (χ2v) is 12.0. The summed E-state index contributed by atoms with van der Waals surface area (Å²) >= 11 is 0. The Kier molecular flexibility index (Phi) is 13.8. The van der Waals surface area contributed by atoms with Crippen molar-refractivity contribution in [3.63, 3.8) is 0 Å². The van der Waals surface area contributed by atoms with E-state index in [4.69, 9.17) is 0 Å². The van der Waals surface area contributed by atoms with Gasteiger partial charge in [-0.15, -0.1) is 0 Å². The number of esters is 1. The van der Waals surface area contributed by atoms with E-state index in [1.54, 1.807) is 0 Å². The molecule has 0 aromatic heterocycles. The molecule has 1 heterocycles. The quantitative estimate of drug-likeness (QED) is 0.284. The molecule has 2 N–H and O–H groups in total. The van der Waals surface area contributed by atoms with E-state index in [2.05, 4.69) is 41.4 Å². The number of hydrogen-bond acceptors (Lipinski definition) is 7. The zero-order chi connectivity index (χ0) is 32.9. The first kappa shape index (κ1) is 36.2. The van der Waals surface area contributed by atoms with E-state index >= 15 is 0 Å². The number of halogens is 3. The van der Waals surface area contributed by atoms with Gasteiger partial charge in [0.1, 0.15) is 0 Å². The van der Waals surface area contributed by atoms with Crippen LogP contribution in [-0.4, -0.2) is 81.7 Å². The number of carbonyl (C=O) groups excluding carboxylic acids is 4. The lowest BCUT2D eigenvalue weighted by molar-refractivity contribution is -0.142. The maximum Gasteiger partial charge on any atom is 0.416 e. The first-order valence-electron chi connectivity index (χ1n) is 13.7. The van der Waals surface area contributed by atoms with Crippen LogP contribution in [0.1, 0.15) is 49.3 Å². The molecular formula is C29H37F3N4O7S. The van der Waals surface area contributed by atoms with Gasteiger partial charge in [-0.3, -0.25) is 19.2 Å².